The molecule has 0 atom stereocenters. The van der Waals surface area contributed by atoms with E-state index in [1.807, 2.05) is 0 Å². The summed E-state index contributed by atoms with van der Waals surface area (Å²) in [6.45, 7) is 18.4. The zero-order valence-corrected chi connectivity index (χ0v) is 13.9. The lowest BCUT2D eigenvalue weighted by atomic mass is 10.00. The Bertz CT molecular complexity index is 483. The highest BCUT2D eigenvalue weighted by Gasteiger charge is 2.34. The van der Waals surface area contributed by atoms with Gasteiger partial charge in [0, 0.05) is 37.3 Å². The van der Waals surface area contributed by atoms with Crippen LogP contribution >= 0.6 is 0 Å². The minimum absolute atomic E-state index is 0.258. The summed E-state index contributed by atoms with van der Waals surface area (Å²) in [5, 5.41) is 0. The number of nitrogens with zero attached hydrogens (tertiary/aromatic N) is 2. The molecule has 110 valence electrons. The number of hydrogen-bond acceptors (Lipinski definition) is 2. The molecule has 0 saturated heterocycles. The van der Waals surface area contributed by atoms with Crippen LogP contribution in [0.25, 0.3) is 0 Å². The predicted molar refractivity (Wildman–Crippen MR) is 84.4 cm³/mol. The van der Waals surface area contributed by atoms with E-state index in [1.165, 1.54) is 0 Å². The Morgan fingerprint density at radius 1 is 0.650 bits per heavy atom. The first-order valence-corrected chi connectivity index (χ1v) is 7.79. The minimum Gasteiger partial charge on any atom is -0.290 e. The van der Waals surface area contributed by atoms with Crippen LogP contribution in [0.1, 0.15) is 63.8 Å². The van der Waals surface area contributed by atoms with Gasteiger partial charge in [0.2, 0.25) is 0 Å². The molecule has 0 aromatic heterocycles. The second-order valence-electron chi connectivity index (χ2n) is 8.39. The van der Waals surface area contributed by atoms with Gasteiger partial charge in [0.05, 0.1) is 0 Å². The Labute approximate surface area is 123 Å². The molecule has 1 aromatic carbocycles. The molecule has 2 nitrogen and oxygen atoms in total. The first-order valence-electron chi connectivity index (χ1n) is 7.79. The molecule has 0 bridgehead atoms. The first-order chi connectivity index (χ1) is 9.16. The minimum atomic E-state index is 0.258. The van der Waals surface area contributed by atoms with E-state index < -0.39 is 0 Å². The number of hydrogen-bond donors (Lipinski definition) is 0. The van der Waals surface area contributed by atoms with Gasteiger partial charge in [-0.2, -0.15) is 0 Å². The maximum atomic E-state index is 2.59. The van der Waals surface area contributed by atoms with Crippen molar-refractivity contribution in [2.24, 2.45) is 0 Å². The summed E-state index contributed by atoms with van der Waals surface area (Å²) >= 11 is 0. The molecular formula is C18H28N2. The van der Waals surface area contributed by atoms with Gasteiger partial charge in [-0.15, -0.1) is 0 Å². The summed E-state index contributed by atoms with van der Waals surface area (Å²) in [4.78, 5) is 5.19. The van der Waals surface area contributed by atoms with Crippen LogP contribution in [0.15, 0.2) is 12.1 Å². The first kappa shape index (κ1) is 14.1. The van der Waals surface area contributed by atoms with Gasteiger partial charge in [-0.3, -0.25) is 9.80 Å². The van der Waals surface area contributed by atoms with E-state index in [1.54, 1.807) is 22.3 Å². The maximum absolute atomic E-state index is 2.59. The molecule has 1 aromatic rings. The molecular weight excluding hydrogens is 244 g/mol. The predicted octanol–water partition coefficient (Wildman–Crippen LogP) is 3.91. The fraction of sp³-hybridized carbons (Fsp3) is 0.667. The van der Waals surface area contributed by atoms with Crippen LogP contribution in [-0.2, 0) is 26.2 Å². The quantitative estimate of drug-likeness (QED) is 0.706. The standard InChI is InChI=1S/C18H28N2/c1-17(2,3)19-9-13-7-8-14-10-20(18(4,5)6)12-16(14)15(13)11-19/h7-8H,9-12H2,1-6H3. The molecule has 2 aliphatic rings. The van der Waals surface area contributed by atoms with E-state index in [9.17, 15) is 0 Å². The van der Waals surface area contributed by atoms with Crippen molar-refractivity contribution in [1.29, 1.82) is 0 Å². The fourth-order valence-corrected chi connectivity index (χ4v) is 3.33. The van der Waals surface area contributed by atoms with Crippen molar-refractivity contribution < 1.29 is 0 Å². The fourth-order valence-electron chi connectivity index (χ4n) is 3.33. The molecule has 2 heteroatoms. The number of fused-ring (bicyclic) bond motifs is 3. The Morgan fingerprint density at radius 2 is 1.00 bits per heavy atom. The third-order valence-corrected chi connectivity index (χ3v) is 4.94. The Kier molecular flexibility index (Phi) is 3.04. The lowest BCUT2D eigenvalue weighted by molar-refractivity contribution is 0.131. The second-order valence-corrected chi connectivity index (χ2v) is 8.39. The molecule has 20 heavy (non-hydrogen) atoms. The van der Waals surface area contributed by atoms with Crippen LogP contribution in [0.2, 0.25) is 0 Å². The van der Waals surface area contributed by atoms with Crippen molar-refractivity contribution in [3.63, 3.8) is 0 Å². The van der Waals surface area contributed by atoms with Crippen LogP contribution in [0.5, 0.6) is 0 Å². The molecule has 2 aliphatic heterocycles. The maximum Gasteiger partial charge on any atom is 0.0249 e. The molecule has 0 N–H and O–H groups in total. The average molecular weight is 272 g/mol. The molecule has 3 rings (SSSR count). The molecule has 0 radical (unpaired) electrons. The van der Waals surface area contributed by atoms with Crippen LogP contribution in [0.4, 0.5) is 0 Å². The SMILES string of the molecule is CC(C)(C)N1Cc2ccc3c(c2C1)CN(C(C)(C)C)C3. The van der Waals surface area contributed by atoms with E-state index >= 15 is 0 Å². The van der Waals surface area contributed by atoms with Crippen molar-refractivity contribution in [2.75, 3.05) is 0 Å². The summed E-state index contributed by atoms with van der Waals surface area (Å²) in [5.74, 6) is 0. The molecule has 0 aliphatic carbocycles. The van der Waals surface area contributed by atoms with Crippen LogP contribution in [-0.4, -0.2) is 20.9 Å². The van der Waals surface area contributed by atoms with Gasteiger partial charge in [-0.05, 0) is 63.8 Å². The van der Waals surface area contributed by atoms with Crippen molar-refractivity contribution >= 4 is 0 Å². The monoisotopic (exact) mass is 272 g/mol. The van der Waals surface area contributed by atoms with Gasteiger partial charge in [0.1, 0.15) is 0 Å². The summed E-state index contributed by atoms with van der Waals surface area (Å²) in [5.41, 5.74) is 6.85. The van der Waals surface area contributed by atoms with E-state index in [4.69, 9.17) is 0 Å². The largest absolute Gasteiger partial charge is 0.290 e. The molecule has 0 amide bonds. The van der Waals surface area contributed by atoms with Gasteiger partial charge in [-0.1, -0.05) is 12.1 Å². The molecule has 0 saturated carbocycles. The Hall–Kier alpha value is -0.860. The van der Waals surface area contributed by atoms with Crippen LogP contribution in [0, 0.1) is 0 Å². The Morgan fingerprint density at radius 3 is 1.30 bits per heavy atom. The normalized spacial score (nSPS) is 20.3. The van der Waals surface area contributed by atoms with Crippen LogP contribution in [0.3, 0.4) is 0 Å². The summed E-state index contributed by atoms with van der Waals surface area (Å²) in [6.07, 6.45) is 0. The van der Waals surface area contributed by atoms with Gasteiger partial charge in [-0.25, -0.2) is 0 Å². The van der Waals surface area contributed by atoms with Crippen LogP contribution < -0.4 is 0 Å². The van der Waals surface area contributed by atoms with Crippen molar-refractivity contribution in [3.8, 4) is 0 Å². The number of rotatable bonds is 0. The molecule has 2 heterocycles. The van der Waals surface area contributed by atoms with Gasteiger partial charge >= 0.3 is 0 Å². The third kappa shape index (κ3) is 2.29. The highest BCUT2D eigenvalue weighted by molar-refractivity contribution is 5.45. The van der Waals surface area contributed by atoms with E-state index in [0.29, 0.717) is 0 Å². The van der Waals surface area contributed by atoms with E-state index in [2.05, 4.69) is 63.5 Å². The molecule has 0 fully saturated rings. The molecule has 0 spiro atoms. The number of benzene rings is 1. The lowest BCUT2D eigenvalue weighted by Gasteiger charge is -2.32. The molecule has 0 unspecified atom stereocenters. The lowest BCUT2D eigenvalue weighted by Crippen LogP contribution is -2.37. The van der Waals surface area contributed by atoms with Gasteiger partial charge in [0.25, 0.3) is 0 Å². The highest BCUT2D eigenvalue weighted by atomic mass is 15.2. The zero-order chi connectivity index (χ0) is 14.7. The van der Waals surface area contributed by atoms with Gasteiger partial charge in [0.15, 0.2) is 0 Å². The van der Waals surface area contributed by atoms with Crippen molar-refractivity contribution in [2.45, 2.75) is 78.8 Å². The Balaban J connectivity index is 1.91. The van der Waals surface area contributed by atoms with E-state index in [-0.39, 0.29) is 11.1 Å². The van der Waals surface area contributed by atoms with E-state index in [0.717, 1.165) is 26.2 Å². The highest BCUT2D eigenvalue weighted by Crippen LogP contribution is 2.38. The smallest absolute Gasteiger partial charge is 0.0249 e. The second kappa shape index (κ2) is 4.32. The summed E-state index contributed by atoms with van der Waals surface area (Å²) < 4.78 is 0. The third-order valence-electron chi connectivity index (χ3n) is 4.94. The van der Waals surface area contributed by atoms with Crippen molar-refractivity contribution in [1.82, 2.24) is 9.80 Å². The topological polar surface area (TPSA) is 6.48 Å². The summed E-state index contributed by atoms with van der Waals surface area (Å²) in [7, 11) is 0. The van der Waals surface area contributed by atoms with Gasteiger partial charge < -0.3 is 0 Å². The average Bonchev–Trinajstić information content (AvgIpc) is 2.90. The zero-order valence-electron chi connectivity index (χ0n) is 13.9. The van der Waals surface area contributed by atoms with Crippen molar-refractivity contribution in [3.05, 3.63) is 34.4 Å². The summed E-state index contributed by atoms with van der Waals surface area (Å²) in [6, 6.07) is 4.73.